The van der Waals surface area contributed by atoms with Crippen LogP contribution in [0.4, 0.5) is 5.69 Å². The van der Waals surface area contributed by atoms with Gasteiger partial charge in [-0.25, -0.2) is 0 Å². The number of nitrogens with zero attached hydrogens (tertiary/aromatic N) is 1. The smallest absolute Gasteiger partial charge is 0.269 e. The Kier molecular flexibility index (Phi) is 3.39. The topological polar surface area (TPSA) is 69.4 Å². The van der Waals surface area contributed by atoms with Gasteiger partial charge in [0.05, 0.1) is 4.92 Å². The van der Waals surface area contributed by atoms with Crippen LogP contribution in [0, 0.1) is 10.1 Å². The Balaban J connectivity index is 1.79. The summed E-state index contributed by atoms with van der Waals surface area (Å²) >= 11 is 0. The van der Waals surface area contributed by atoms with Crippen LogP contribution in [0.2, 0.25) is 0 Å². The molecule has 106 valence electrons. The van der Waals surface area contributed by atoms with E-state index in [1.165, 1.54) is 12.1 Å². The summed E-state index contributed by atoms with van der Waals surface area (Å²) in [4.78, 5) is 22.0. The second-order valence-electron chi connectivity index (χ2n) is 4.92. The molecule has 0 fully saturated rings. The summed E-state index contributed by atoms with van der Waals surface area (Å²) in [6.45, 7) is 0.242. The largest absolute Gasteiger partial charge is 0.489 e. The molecule has 0 aromatic heterocycles. The van der Waals surface area contributed by atoms with Crippen molar-refractivity contribution < 1.29 is 14.5 Å². The second-order valence-corrected chi connectivity index (χ2v) is 4.92. The monoisotopic (exact) mass is 283 g/mol. The highest BCUT2D eigenvalue weighted by atomic mass is 16.6. The Morgan fingerprint density at radius 2 is 1.95 bits per heavy atom. The Morgan fingerprint density at radius 3 is 2.76 bits per heavy atom. The summed E-state index contributed by atoms with van der Waals surface area (Å²) in [5.41, 5.74) is 2.44. The Hall–Kier alpha value is -2.69. The van der Waals surface area contributed by atoms with Crippen molar-refractivity contribution >= 4 is 11.5 Å². The normalized spacial score (nSPS) is 13.0. The van der Waals surface area contributed by atoms with Crippen molar-refractivity contribution in [2.45, 2.75) is 19.4 Å². The van der Waals surface area contributed by atoms with Gasteiger partial charge in [-0.3, -0.25) is 14.9 Å². The third kappa shape index (κ3) is 2.63. The van der Waals surface area contributed by atoms with Gasteiger partial charge < -0.3 is 4.74 Å². The van der Waals surface area contributed by atoms with E-state index in [1.807, 2.05) is 12.1 Å². The lowest BCUT2D eigenvalue weighted by Crippen LogP contribution is -2.00. The first kappa shape index (κ1) is 13.3. The quantitative estimate of drug-likeness (QED) is 0.637. The van der Waals surface area contributed by atoms with Gasteiger partial charge >= 0.3 is 0 Å². The molecule has 3 rings (SSSR count). The van der Waals surface area contributed by atoms with Crippen molar-refractivity contribution in [1.82, 2.24) is 0 Å². The number of benzene rings is 2. The lowest BCUT2D eigenvalue weighted by molar-refractivity contribution is -0.384. The number of fused-ring (bicyclic) bond motifs is 1. The molecule has 2 aromatic rings. The molecule has 0 N–H and O–H groups in total. The Bertz CT molecular complexity index is 724. The number of Topliss-reactive ketones (excluding diaryl/α,β-unsaturated/α-hetero) is 1. The van der Waals surface area contributed by atoms with Gasteiger partial charge in [-0.2, -0.15) is 0 Å². The molecule has 1 aliphatic carbocycles. The van der Waals surface area contributed by atoms with E-state index >= 15 is 0 Å². The number of rotatable bonds is 4. The molecule has 0 radical (unpaired) electrons. The molecule has 2 aromatic carbocycles. The number of ether oxygens (including phenoxy) is 1. The van der Waals surface area contributed by atoms with Crippen LogP contribution in [0.1, 0.15) is 27.9 Å². The van der Waals surface area contributed by atoms with Crippen molar-refractivity contribution in [2.24, 2.45) is 0 Å². The average Bonchev–Trinajstić information content (AvgIpc) is 2.88. The number of nitro benzene ring substituents is 1. The molecule has 0 unspecified atom stereocenters. The van der Waals surface area contributed by atoms with Crippen LogP contribution in [-0.2, 0) is 13.0 Å². The summed E-state index contributed by atoms with van der Waals surface area (Å²) < 4.78 is 5.74. The van der Waals surface area contributed by atoms with Crippen LogP contribution >= 0.6 is 0 Å². The lowest BCUT2D eigenvalue weighted by Gasteiger charge is -2.10. The minimum absolute atomic E-state index is 0.0459. The minimum Gasteiger partial charge on any atom is -0.489 e. The molecule has 0 bridgehead atoms. The van der Waals surface area contributed by atoms with Gasteiger partial charge in [0, 0.05) is 29.7 Å². The van der Waals surface area contributed by atoms with Gasteiger partial charge in [-0.05, 0) is 18.1 Å². The van der Waals surface area contributed by atoms with Crippen LogP contribution in [0.15, 0.2) is 42.5 Å². The van der Waals surface area contributed by atoms with Crippen LogP contribution in [0.3, 0.4) is 0 Å². The molecule has 21 heavy (non-hydrogen) atoms. The van der Waals surface area contributed by atoms with Crippen LogP contribution in [0.25, 0.3) is 0 Å². The number of hydrogen-bond donors (Lipinski definition) is 0. The molecule has 0 atom stereocenters. The molecule has 0 aliphatic heterocycles. The fourth-order valence-electron chi connectivity index (χ4n) is 2.51. The standard InChI is InChI=1S/C16H13NO4/c18-15-8-7-14-13(15)5-2-6-16(14)21-10-11-3-1-4-12(9-11)17(19)20/h1-6,9H,7-8,10H2. The zero-order valence-corrected chi connectivity index (χ0v) is 11.2. The fourth-order valence-corrected chi connectivity index (χ4v) is 2.51. The molecule has 5 nitrogen and oxygen atoms in total. The van der Waals surface area contributed by atoms with E-state index in [1.54, 1.807) is 18.2 Å². The number of ketones is 1. The number of non-ortho nitro benzene ring substituents is 1. The van der Waals surface area contributed by atoms with E-state index in [0.29, 0.717) is 18.6 Å². The molecular formula is C16H13NO4. The van der Waals surface area contributed by atoms with Gasteiger partial charge in [0.25, 0.3) is 5.69 Å². The molecule has 1 aliphatic rings. The fraction of sp³-hybridized carbons (Fsp3) is 0.188. The molecule has 5 heteroatoms. The highest BCUT2D eigenvalue weighted by Gasteiger charge is 2.22. The second kappa shape index (κ2) is 5.36. The van der Waals surface area contributed by atoms with Crippen molar-refractivity contribution in [2.75, 3.05) is 0 Å². The number of carbonyl (C=O) groups is 1. The molecule has 0 heterocycles. The maximum atomic E-state index is 11.7. The zero-order valence-electron chi connectivity index (χ0n) is 11.2. The summed E-state index contributed by atoms with van der Waals surface area (Å²) in [5.74, 6) is 0.829. The van der Waals surface area contributed by atoms with E-state index in [9.17, 15) is 14.9 Å². The zero-order chi connectivity index (χ0) is 14.8. The van der Waals surface area contributed by atoms with Crippen LogP contribution < -0.4 is 4.74 Å². The highest BCUT2D eigenvalue weighted by Crippen LogP contribution is 2.31. The van der Waals surface area contributed by atoms with E-state index in [0.717, 1.165) is 16.7 Å². The van der Waals surface area contributed by atoms with Gasteiger partial charge in [0.1, 0.15) is 12.4 Å². The Labute approximate surface area is 121 Å². The lowest BCUT2D eigenvalue weighted by atomic mass is 10.1. The van der Waals surface area contributed by atoms with Crippen molar-refractivity contribution in [3.8, 4) is 5.75 Å². The first-order valence-corrected chi connectivity index (χ1v) is 6.66. The van der Waals surface area contributed by atoms with Crippen molar-refractivity contribution in [3.05, 3.63) is 69.3 Å². The summed E-state index contributed by atoms with van der Waals surface area (Å²) in [6.07, 6.45) is 1.21. The van der Waals surface area contributed by atoms with Crippen LogP contribution in [0.5, 0.6) is 5.75 Å². The average molecular weight is 283 g/mol. The van der Waals surface area contributed by atoms with Crippen LogP contribution in [-0.4, -0.2) is 10.7 Å². The first-order chi connectivity index (χ1) is 10.1. The minimum atomic E-state index is -0.428. The maximum Gasteiger partial charge on any atom is 0.269 e. The van der Waals surface area contributed by atoms with E-state index in [-0.39, 0.29) is 18.1 Å². The molecule has 0 amide bonds. The van der Waals surface area contributed by atoms with Gasteiger partial charge in [-0.1, -0.05) is 24.3 Å². The highest BCUT2D eigenvalue weighted by molar-refractivity contribution is 6.01. The third-order valence-corrected chi connectivity index (χ3v) is 3.55. The van der Waals surface area contributed by atoms with Gasteiger partial charge in [-0.15, -0.1) is 0 Å². The Morgan fingerprint density at radius 1 is 1.14 bits per heavy atom. The van der Waals surface area contributed by atoms with E-state index in [2.05, 4.69) is 0 Å². The third-order valence-electron chi connectivity index (χ3n) is 3.55. The summed E-state index contributed by atoms with van der Waals surface area (Å²) in [5, 5.41) is 10.7. The first-order valence-electron chi connectivity index (χ1n) is 6.66. The molecule has 0 spiro atoms. The predicted molar refractivity (Wildman–Crippen MR) is 76.5 cm³/mol. The van der Waals surface area contributed by atoms with E-state index < -0.39 is 4.92 Å². The maximum absolute atomic E-state index is 11.7. The van der Waals surface area contributed by atoms with Gasteiger partial charge in [0.2, 0.25) is 0 Å². The predicted octanol–water partition coefficient (Wildman–Crippen LogP) is 3.30. The molecule has 0 saturated heterocycles. The summed E-state index contributed by atoms with van der Waals surface area (Å²) in [7, 11) is 0. The molecule has 0 saturated carbocycles. The van der Waals surface area contributed by atoms with E-state index in [4.69, 9.17) is 4.74 Å². The number of hydrogen-bond acceptors (Lipinski definition) is 4. The SMILES string of the molecule is O=C1CCc2c(OCc3cccc([N+](=O)[O-])c3)cccc21. The van der Waals surface area contributed by atoms with Gasteiger partial charge in [0.15, 0.2) is 5.78 Å². The summed E-state index contributed by atoms with van der Waals surface area (Å²) in [6, 6.07) is 11.8. The van der Waals surface area contributed by atoms with Crippen molar-refractivity contribution in [1.29, 1.82) is 0 Å². The number of carbonyl (C=O) groups excluding carboxylic acids is 1. The van der Waals surface area contributed by atoms with Crippen molar-refractivity contribution in [3.63, 3.8) is 0 Å². The molecular weight excluding hydrogens is 270 g/mol. The number of nitro groups is 1.